The quantitative estimate of drug-likeness (QED) is 0.569. The van der Waals surface area contributed by atoms with Crippen molar-refractivity contribution in [3.8, 4) is 0 Å². The molecule has 0 N–H and O–H groups in total. The van der Waals surface area contributed by atoms with Crippen molar-refractivity contribution in [3.63, 3.8) is 0 Å². The molecule has 1 nitrogen and oxygen atoms in total. The number of ketones is 1. The molecule has 96 valence electrons. The summed E-state index contributed by atoms with van der Waals surface area (Å²) in [4.78, 5) is 11.8. The largest absolute Gasteiger partial charge is 0.299 e. The molecule has 2 aliphatic carbocycles. The molecule has 0 saturated carbocycles. The maximum Gasteiger partial charge on any atom is 0.137 e. The maximum atomic E-state index is 11.8. The molecule has 2 atom stereocenters. The molecule has 0 amide bonds. The highest BCUT2D eigenvalue weighted by molar-refractivity contribution is 5.83. The van der Waals surface area contributed by atoms with E-state index >= 15 is 0 Å². The SMILES string of the molecule is C[C@@H]1[C@@H](C)C(C)(C)C2=C(CCC(=O)C2)C1(C)C. The lowest BCUT2D eigenvalue weighted by Gasteiger charge is -2.53. The molecule has 0 fully saturated rings. The third-order valence-corrected chi connectivity index (χ3v) is 5.97. The molecule has 0 aromatic heterocycles. The lowest BCUT2D eigenvalue weighted by Crippen LogP contribution is -2.45. The first-order chi connectivity index (χ1) is 7.69. The van der Waals surface area contributed by atoms with Gasteiger partial charge in [0, 0.05) is 12.8 Å². The van der Waals surface area contributed by atoms with Crippen LogP contribution in [0.5, 0.6) is 0 Å². The first-order valence-electron chi connectivity index (χ1n) is 6.93. The van der Waals surface area contributed by atoms with Crippen LogP contribution < -0.4 is 0 Å². The second-order valence-electron chi connectivity index (χ2n) is 7.19. The Morgan fingerprint density at radius 1 is 0.882 bits per heavy atom. The van der Waals surface area contributed by atoms with Crippen LogP contribution in [-0.2, 0) is 4.79 Å². The second kappa shape index (κ2) is 3.70. The van der Waals surface area contributed by atoms with Crippen LogP contribution in [0.15, 0.2) is 11.1 Å². The smallest absolute Gasteiger partial charge is 0.137 e. The van der Waals surface area contributed by atoms with E-state index in [0.717, 1.165) is 12.8 Å². The fraction of sp³-hybridized carbons (Fsp3) is 0.812. The van der Waals surface area contributed by atoms with E-state index in [1.165, 1.54) is 5.57 Å². The van der Waals surface area contributed by atoms with Gasteiger partial charge in [-0.2, -0.15) is 0 Å². The summed E-state index contributed by atoms with van der Waals surface area (Å²) in [5.74, 6) is 1.76. The molecule has 0 aromatic carbocycles. The van der Waals surface area contributed by atoms with Gasteiger partial charge in [-0.1, -0.05) is 52.7 Å². The molecule has 0 aromatic rings. The van der Waals surface area contributed by atoms with Crippen LogP contribution in [0.1, 0.15) is 60.8 Å². The van der Waals surface area contributed by atoms with E-state index in [4.69, 9.17) is 0 Å². The molecule has 17 heavy (non-hydrogen) atoms. The summed E-state index contributed by atoms with van der Waals surface area (Å²) in [6.07, 6.45) is 2.48. The third-order valence-electron chi connectivity index (χ3n) is 5.97. The van der Waals surface area contributed by atoms with Gasteiger partial charge in [-0.3, -0.25) is 4.79 Å². The molecular weight excluding hydrogens is 208 g/mol. The Kier molecular flexibility index (Phi) is 2.80. The van der Waals surface area contributed by atoms with Crippen molar-refractivity contribution in [3.05, 3.63) is 11.1 Å². The molecule has 1 heteroatoms. The minimum absolute atomic E-state index is 0.195. The van der Waals surface area contributed by atoms with Gasteiger partial charge in [0.2, 0.25) is 0 Å². The Balaban J connectivity index is 2.58. The average molecular weight is 234 g/mol. The van der Waals surface area contributed by atoms with Crippen molar-refractivity contribution in [2.75, 3.05) is 0 Å². The van der Waals surface area contributed by atoms with Crippen molar-refractivity contribution in [1.29, 1.82) is 0 Å². The van der Waals surface area contributed by atoms with Gasteiger partial charge in [-0.15, -0.1) is 0 Å². The molecule has 0 radical (unpaired) electrons. The van der Waals surface area contributed by atoms with Crippen molar-refractivity contribution < 1.29 is 4.79 Å². The number of carbonyl (C=O) groups excluding carboxylic acids is 1. The van der Waals surface area contributed by atoms with Gasteiger partial charge < -0.3 is 0 Å². The van der Waals surface area contributed by atoms with E-state index in [9.17, 15) is 4.79 Å². The molecule has 0 spiro atoms. The predicted octanol–water partition coefficient (Wildman–Crippen LogP) is 4.37. The van der Waals surface area contributed by atoms with Gasteiger partial charge in [-0.05, 0) is 29.1 Å². The van der Waals surface area contributed by atoms with E-state index in [2.05, 4.69) is 41.5 Å². The topological polar surface area (TPSA) is 17.1 Å². The van der Waals surface area contributed by atoms with E-state index in [1.54, 1.807) is 5.57 Å². The van der Waals surface area contributed by atoms with E-state index in [1.807, 2.05) is 0 Å². The van der Waals surface area contributed by atoms with Gasteiger partial charge in [0.25, 0.3) is 0 Å². The lowest BCUT2D eigenvalue weighted by molar-refractivity contribution is -0.119. The van der Waals surface area contributed by atoms with Crippen LogP contribution in [0, 0.1) is 22.7 Å². The molecule has 0 aliphatic heterocycles. The Hall–Kier alpha value is -0.590. The number of hydrogen-bond acceptors (Lipinski definition) is 1. The van der Waals surface area contributed by atoms with Gasteiger partial charge in [-0.25, -0.2) is 0 Å². The zero-order chi connectivity index (χ0) is 13.0. The Bertz CT molecular complexity index is 384. The predicted molar refractivity (Wildman–Crippen MR) is 71.8 cm³/mol. The molecule has 2 aliphatic rings. The lowest BCUT2D eigenvalue weighted by atomic mass is 9.51. The Labute approximate surface area is 106 Å². The minimum Gasteiger partial charge on any atom is -0.299 e. The summed E-state index contributed by atoms with van der Waals surface area (Å²) in [6.45, 7) is 14.1. The third kappa shape index (κ3) is 1.70. The van der Waals surface area contributed by atoms with Crippen LogP contribution in [0.2, 0.25) is 0 Å². The van der Waals surface area contributed by atoms with Crippen molar-refractivity contribution in [2.24, 2.45) is 22.7 Å². The first kappa shape index (κ1) is 12.9. The second-order valence-corrected chi connectivity index (χ2v) is 7.19. The molecule has 0 bridgehead atoms. The van der Waals surface area contributed by atoms with E-state index in [0.29, 0.717) is 24.0 Å². The highest BCUT2D eigenvalue weighted by Gasteiger charge is 2.49. The van der Waals surface area contributed by atoms with E-state index in [-0.39, 0.29) is 10.8 Å². The van der Waals surface area contributed by atoms with Gasteiger partial charge in [0.1, 0.15) is 5.78 Å². The number of hydrogen-bond donors (Lipinski definition) is 0. The summed E-state index contributed by atoms with van der Waals surface area (Å²) in [5, 5.41) is 0. The summed E-state index contributed by atoms with van der Waals surface area (Å²) in [5.41, 5.74) is 3.52. The van der Waals surface area contributed by atoms with Crippen molar-refractivity contribution >= 4 is 5.78 Å². The minimum atomic E-state index is 0.195. The first-order valence-corrected chi connectivity index (χ1v) is 6.93. The van der Waals surface area contributed by atoms with Gasteiger partial charge in [0.05, 0.1) is 0 Å². The zero-order valence-electron chi connectivity index (χ0n) is 12.2. The van der Waals surface area contributed by atoms with Crippen LogP contribution in [0.3, 0.4) is 0 Å². The Morgan fingerprint density at radius 3 is 1.88 bits per heavy atom. The molecular formula is C16H26O. The fourth-order valence-electron chi connectivity index (χ4n) is 3.93. The number of allylic oxidation sites excluding steroid dienone is 2. The number of Topliss-reactive ketones (excluding diaryl/α,β-unsaturated/α-hetero) is 1. The van der Waals surface area contributed by atoms with Crippen LogP contribution >= 0.6 is 0 Å². The highest BCUT2D eigenvalue weighted by Crippen LogP contribution is 2.58. The van der Waals surface area contributed by atoms with Gasteiger partial charge >= 0.3 is 0 Å². The van der Waals surface area contributed by atoms with Crippen LogP contribution in [0.25, 0.3) is 0 Å². The zero-order valence-corrected chi connectivity index (χ0v) is 12.2. The maximum absolute atomic E-state index is 11.8. The van der Waals surface area contributed by atoms with Crippen LogP contribution in [-0.4, -0.2) is 5.78 Å². The normalized spacial score (nSPS) is 35.8. The van der Waals surface area contributed by atoms with Gasteiger partial charge in [0.15, 0.2) is 0 Å². The van der Waals surface area contributed by atoms with E-state index < -0.39 is 0 Å². The summed E-state index contributed by atoms with van der Waals surface area (Å²) in [6, 6.07) is 0. The standard InChI is InChI=1S/C16H26O/c1-10-11(2)16(5,6)14-9-12(17)7-8-13(14)15(10,3)4/h10-11H,7-9H2,1-6H3/t10-,11-/m1/s1. The fourth-order valence-corrected chi connectivity index (χ4v) is 3.93. The highest BCUT2D eigenvalue weighted by atomic mass is 16.1. The summed E-state index contributed by atoms with van der Waals surface area (Å²) >= 11 is 0. The number of carbonyl (C=O) groups is 1. The monoisotopic (exact) mass is 234 g/mol. The average Bonchev–Trinajstić information content (AvgIpc) is 2.25. The molecule has 0 heterocycles. The molecule has 0 unspecified atom stereocenters. The number of rotatable bonds is 0. The Morgan fingerprint density at radius 2 is 1.35 bits per heavy atom. The van der Waals surface area contributed by atoms with Crippen molar-refractivity contribution in [2.45, 2.75) is 60.8 Å². The van der Waals surface area contributed by atoms with Crippen LogP contribution in [0.4, 0.5) is 0 Å². The summed E-state index contributed by atoms with van der Waals surface area (Å²) in [7, 11) is 0. The summed E-state index contributed by atoms with van der Waals surface area (Å²) < 4.78 is 0. The van der Waals surface area contributed by atoms with Crippen molar-refractivity contribution in [1.82, 2.24) is 0 Å². The molecule has 0 saturated heterocycles. The molecule has 2 rings (SSSR count).